The molecule has 1 heterocycles. The molecule has 1 aliphatic heterocycles. The number of hydrogen-bond donors (Lipinski definition) is 3. The largest absolute Gasteiger partial charge is 0.390 e. The Morgan fingerprint density at radius 3 is 2.54 bits per heavy atom. The Bertz CT molecular complexity index is 249. The predicted molar refractivity (Wildman–Crippen MR) is 49.0 cm³/mol. The van der Waals surface area contributed by atoms with Gasteiger partial charge in [0.25, 0.3) is 0 Å². The van der Waals surface area contributed by atoms with Crippen LogP contribution < -0.4 is 0 Å². The fourth-order valence-electron chi connectivity index (χ4n) is 1.26. The van der Waals surface area contributed by atoms with Gasteiger partial charge in [0, 0.05) is 11.8 Å². The van der Waals surface area contributed by atoms with Gasteiger partial charge in [-0.2, -0.15) is 0 Å². The summed E-state index contributed by atoms with van der Waals surface area (Å²) in [5, 5.41) is 9.33. The molecule has 3 atom stereocenters. The van der Waals surface area contributed by atoms with Crippen LogP contribution in [0.5, 0.6) is 0 Å². The maximum Gasteiger partial charge on any atom is 0.348 e. The molecule has 0 aromatic rings. The summed E-state index contributed by atoms with van der Waals surface area (Å²) in [4.78, 5) is 17.0. The molecular formula is C6H12BO5P. The molecule has 0 saturated carbocycles. The minimum atomic E-state index is -4.14. The molecule has 1 aliphatic rings. The Labute approximate surface area is 77.0 Å². The Hall–Kier alpha value is -0.125. The third-order valence-electron chi connectivity index (χ3n) is 1.81. The molecule has 7 heteroatoms. The highest BCUT2D eigenvalue weighted by atomic mass is 31.2. The molecule has 1 rings (SSSR count). The second-order valence-corrected chi connectivity index (χ2v) is 4.62. The molecule has 5 nitrogen and oxygen atoms in total. The van der Waals surface area contributed by atoms with E-state index < -0.39 is 19.8 Å². The fourth-order valence-corrected chi connectivity index (χ4v) is 1.65. The van der Waals surface area contributed by atoms with Gasteiger partial charge in [0.2, 0.25) is 0 Å². The Morgan fingerprint density at radius 1 is 1.54 bits per heavy atom. The van der Waals surface area contributed by atoms with Gasteiger partial charge in [-0.05, 0) is 12.5 Å². The molecule has 0 radical (unpaired) electrons. The van der Waals surface area contributed by atoms with Crippen LogP contribution in [0.1, 0.15) is 6.42 Å². The smallest absolute Gasteiger partial charge is 0.348 e. The van der Waals surface area contributed by atoms with Gasteiger partial charge >= 0.3 is 7.60 Å². The van der Waals surface area contributed by atoms with E-state index in [0.717, 1.165) is 5.82 Å². The van der Waals surface area contributed by atoms with Crippen molar-refractivity contribution in [3.05, 3.63) is 11.9 Å². The Kier molecular flexibility index (Phi) is 3.32. The second kappa shape index (κ2) is 3.94. The molecule has 0 amide bonds. The van der Waals surface area contributed by atoms with Crippen molar-refractivity contribution in [1.29, 1.82) is 0 Å². The lowest BCUT2D eigenvalue weighted by atomic mass is 9.96. The summed E-state index contributed by atoms with van der Waals surface area (Å²) in [6.45, 7) is 0. The van der Waals surface area contributed by atoms with Gasteiger partial charge < -0.3 is 19.6 Å². The van der Waals surface area contributed by atoms with Crippen molar-refractivity contribution in [2.75, 3.05) is 0 Å². The van der Waals surface area contributed by atoms with Gasteiger partial charge in [-0.3, -0.25) is 4.57 Å². The summed E-state index contributed by atoms with van der Waals surface area (Å²) >= 11 is 0. The van der Waals surface area contributed by atoms with E-state index in [-0.39, 0.29) is 6.00 Å². The van der Waals surface area contributed by atoms with Crippen LogP contribution in [-0.4, -0.2) is 41.0 Å². The molecule has 74 valence electrons. The number of aliphatic hydroxyl groups is 1. The lowest BCUT2D eigenvalue weighted by Crippen LogP contribution is -2.17. The molecule has 0 aliphatic carbocycles. The molecule has 1 fully saturated rings. The van der Waals surface area contributed by atoms with E-state index in [1.54, 1.807) is 7.85 Å². The third-order valence-corrected chi connectivity index (χ3v) is 2.37. The maximum atomic E-state index is 10.4. The summed E-state index contributed by atoms with van der Waals surface area (Å²) in [6, 6.07) is -0.0681. The van der Waals surface area contributed by atoms with E-state index in [1.807, 2.05) is 0 Å². The van der Waals surface area contributed by atoms with Gasteiger partial charge in [0.05, 0.1) is 6.10 Å². The summed E-state index contributed by atoms with van der Waals surface area (Å²) in [7, 11) is -2.34. The zero-order chi connectivity index (χ0) is 10.1. The first-order valence-electron chi connectivity index (χ1n) is 3.96. The highest BCUT2D eigenvalue weighted by Crippen LogP contribution is 2.37. The van der Waals surface area contributed by atoms with E-state index >= 15 is 0 Å². The molecule has 1 unspecified atom stereocenters. The van der Waals surface area contributed by atoms with Gasteiger partial charge in [-0.25, -0.2) is 0 Å². The summed E-state index contributed by atoms with van der Waals surface area (Å²) < 4.78 is 15.6. The summed E-state index contributed by atoms with van der Waals surface area (Å²) in [6.07, 6.45) is 0.450. The first-order chi connectivity index (χ1) is 5.88. The van der Waals surface area contributed by atoms with Crippen LogP contribution in [0.2, 0.25) is 0 Å². The molecule has 0 aromatic carbocycles. The monoisotopic (exact) mass is 206 g/mol. The van der Waals surface area contributed by atoms with Gasteiger partial charge in [-0.15, -0.1) is 0 Å². The molecule has 3 N–H and O–H groups in total. The quantitative estimate of drug-likeness (QED) is 0.389. The van der Waals surface area contributed by atoms with Crippen molar-refractivity contribution in [2.45, 2.75) is 24.6 Å². The van der Waals surface area contributed by atoms with E-state index in [9.17, 15) is 9.67 Å². The van der Waals surface area contributed by atoms with Crippen LogP contribution >= 0.6 is 7.60 Å². The first kappa shape index (κ1) is 11.0. The van der Waals surface area contributed by atoms with E-state index in [1.165, 1.54) is 6.08 Å². The normalized spacial score (nSPS) is 35.8. The van der Waals surface area contributed by atoms with Crippen LogP contribution in [0, 0.1) is 0 Å². The number of ether oxygens (including phenoxy) is 1. The highest BCUT2D eigenvalue weighted by Gasteiger charge is 2.29. The SMILES string of the molecule is B[C@H]1CC(O)[C@@H](/C=C/P(=O)(O)O)O1. The fraction of sp³-hybridized carbons (Fsp3) is 0.667. The van der Waals surface area contributed by atoms with Crippen molar-refractivity contribution >= 4 is 15.4 Å². The average Bonchev–Trinajstić information content (AvgIpc) is 2.24. The zero-order valence-electron chi connectivity index (χ0n) is 7.20. The van der Waals surface area contributed by atoms with Crippen LogP contribution in [0.25, 0.3) is 0 Å². The maximum absolute atomic E-state index is 10.4. The van der Waals surface area contributed by atoms with Gasteiger partial charge in [-0.1, -0.05) is 0 Å². The Balaban J connectivity index is 2.55. The summed E-state index contributed by atoms with van der Waals surface area (Å²) in [5.74, 6) is 0.763. The Morgan fingerprint density at radius 2 is 2.15 bits per heavy atom. The number of rotatable bonds is 2. The molecule has 0 bridgehead atoms. The summed E-state index contributed by atoms with van der Waals surface area (Å²) in [5.41, 5.74) is 0. The van der Waals surface area contributed by atoms with Crippen LogP contribution in [0.4, 0.5) is 0 Å². The van der Waals surface area contributed by atoms with Crippen molar-refractivity contribution in [2.24, 2.45) is 0 Å². The van der Waals surface area contributed by atoms with Crippen LogP contribution in [0.3, 0.4) is 0 Å². The topological polar surface area (TPSA) is 87.0 Å². The van der Waals surface area contributed by atoms with Gasteiger partial charge in [0.1, 0.15) is 14.0 Å². The minimum absolute atomic E-state index is 0.0681. The average molecular weight is 206 g/mol. The molecular weight excluding hydrogens is 194 g/mol. The highest BCUT2D eigenvalue weighted by molar-refractivity contribution is 7.55. The standard InChI is InChI=1S/C6H12BO5P/c7-6-3-4(8)5(12-6)1-2-13(9,10)11/h1-2,4-6,8H,3,7H2,(H2,9,10,11)/b2-1+/t4?,5-,6-/m1/s1. The minimum Gasteiger partial charge on any atom is -0.390 e. The van der Waals surface area contributed by atoms with Crippen molar-refractivity contribution in [3.63, 3.8) is 0 Å². The predicted octanol–water partition coefficient (Wildman–Crippen LogP) is -1.21. The van der Waals surface area contributed by atoms with Crippen molar-refractivity contribution in [1.82, 2.24) is 0 Å². The van der Waals surface area contributed by atoms with E-state index in [2.05, 4.69) is 0 Å². The van der Waals surface area contributed by atoms with Crippen molar-refractivity contribution < 1.29 is 24.2 Å². The van der Waals surface area contributed by atoms with Crippen molar-refractivity contribution in [3.8, 4) is 0 Å². The van der Waals surface area contributed by atoms with Crippen LogP contribution in [0.15, 0.2) is 11.9 Å². The number of aliphatic hydroxyl groups excluding tert-OH is 1. The molecule has 0 spiro atoms. The lowest BCUT2D eigenvalue weighted by molar-refractivity contribution is 0.0647. The van der Waals surface area contributed by atoms with Crippen LogP contribution in [-0.2, 0) is 9.30 Å². The van der Waals surface area contributed by atoms with E-state index in [4.69, 9.17) is 14.5 Å². The molecule has 13 heavy (non-hydrogen) atoms. The first-order valence-corrected chi connectivity index (χ1v) is 5.65. The number of hydrogen-bond acceptors (Lipinski definition) is 3. The lowest BCUT2D eigenvalue weighted by Gasteiger charge is -2.08. The zero-order valence-corrected chi connectivity index (χ0v) is 8.09. The second-order valence-electron chi connectivity index (χ2n) is 3.14. The van der Waals surface area contributed by atoms with E-state index in [0.29, 0.717) is 6.42 Å². The van der Waals surface area contributed by atoms with Gasteiger partial charge in [0.15, 0.2) is 0 Å². The third kappa shape index (κ3) is 3.62. The molecule has 1 saturated heterocycles. The molecule has 0 aromatic heterocycles.